The highest BCUT2D eigenvalue weighted by atomic mass is 16.5. The Kier molecular flexibility index (Phi) is 8.54. The number of fused-ring (bicyclic) bond motifs is 1. The van der Waals surface area contributed by atoms with Gasteiger partial charge in [-0.15, -0.1) is 15.0 Å². The first-order chi connectivity index (χ1) is 14.7. The van der Waals surface area contributed by atoms with E-state index in [1.54, 1.807) is 6.07 Å². The minimum Gasteiger partial charge on any atom is -0.506 e. The summed E-state index contributed by atoms with van der Waals surface area (Å²) < 4.78 is 5.77. The van der Waals surface area contributed by atoms with Gasteiger partial charge in [0.05, 0.1) is 6.61 Å². The van der Waals surface area contributed by atoms with Crippen LogP contribution >= 0.6 is 0 Å². The number of unbranched alkanes of at least 4 members (excludes halogenated alkanes) is 7. The minimum atomic E-state index is 0.193. The van der Waals surface area contributed by atoms with Crippen LogP contribution in [0.15, 0.2) is 36.4 Å². The lowest BCUT2D eigenvalue weighted by Crippen LogP contribution is -2.00. The molecule has 0 amide bonds. The molecule has 0 atom stereocenters. The molecule has 0 aliphatic heterocycles. The van der Waals surface area contributed by atoms with Crippen LogP contribution in [0.3, 0.4) is 0 Å². The zero-order chi connectivity index (χ0) is 21.2. The molecule has 0 aliphatic carbocycles. The van der Waals surface area contributed by atoms with Gasteiger partial charge in [0, 0.05) is 6.07 Å². The van der Waals surface area contributed by atoms with Gasteiger partial charge in [-0.05, 0) is 49.1 Å². The van der Waals surface area contributed by atoms with E-state index in [1.807, 2.05) is 30.3 Å². The quantitative estimate of drug-likeness (QED) is 0.323. The molecule has 2 aromatic carbocycles. The van der Waals surface area contributed by atoms with Crippen LogP contribution in [0.1, 0.15) is 77.2 Å². The second kappa shape index (κ2) is 11.6. The molecule has 0 bridgehead atoms. The second-order valence-electron chi connectivity index (χ2n) is 8.04. The van der Waals surface area contributed by atoms with Crippen molar-refractivity contribution in [3.05, 3.63) is 42.0 Å². The molecule has 162 valence electrons. The molecule has 5 nitrogen and oxygen atoms in total. The largest absolute Gasteiger partial charge is 0.506 e. The van der Waals surface area contributed by atoms with E-state index in [2.05, 4.69) is 24.0 Å². The average molecular weight is 410 g/mol. The molecule has 0 unspecified atom stereocenters. The Hall–Kier alpha value is -2.56. The van der Waals surface area contributed by atoms with Crippen molar-refractivity contribution in [3.63, 3.8) is 0 Å². The number of nitrogens with zero attached hydrogens (tertiary/aromatic N) is 3. The third-order valence-corrected chi connectivity index (χ3v) is 5.44. The van der Waals surface area contributed by atoms with Crippen molar-refractivity contribution in [1.29, 1.82) is 0 Å². The van der Waals surface area contributed by atoms with Gasteiger partial charge in [-0.3, -0.25) is 0 Å². The van der Waals surface area contributed by atoms with Gasteiger partial charge in [0.15, 0.2) is 0 Å². The Morgan fingerprint density at radius 3 is 2.33 bits per heavy atom. The molecule has 0 aliphatic rings. The first kappa shape index (κ1) is 22.1. The topological polar surface area (TPSA) is 60.2 Å². The van der Waals surface area contributed by atoms with E-state index in [9.17, 15) is 5.11 Å². The van der Waals surface area contributed by atoms with Crippen LogP contribution < -0.4 is 4.74 Å². The molecule has 1 aromatic heterocycles. The molecule has 0 radical (unpaired) electrons. The number of aryl methyl sites for hydroxylation is 1. The summed E-state index contributed by atoms with van der Waals surface area (Å²) in [5.74, 6) is 0.998. The Morgan fingerprint density at radius 1 is 0.800 bits per heavy atom. The van der Waals surface area contributed by atoms with Crippen molar-refractivity contribution >= 4 is 11.0 Å². The molecule has 30 heavy (non-hydrogen) atoms. The summed E-state index contributed by atoms with van der Waals surface area (Å²) in [4.78, 5) is 1.53. The Morgan fingerprint density at radius 2 is 1.53 bits per heavy atom. The standard InChI is InChI=1S/C25H35N3O2/c1-3-5-7-8-9-10-11-12-20-13-16-25(29)24(18-20)28-26-22-15-14-21(19-23(22)27-28)30-17-6-4-2/h13-16,18-19,29H,3-12,17H2,1-2H3. The van der Waals surface area contributed by atoms with Crippen molar-refractivity contribution in [2.75, 3.05) is 6.61 Å². The molecular weight excluding hydrogens is 374 g/mol. The number of rotatable bonds is 13. The fourth-order valence-electron chi connectivity index (χ4n) is 3.60. The van der Waals surface area contributed by atoms with Crippen LogP contribution in [0.2, 0.25) is 0 Å². The van der Waals surface area contributed by atoms with Gasteiger partial charge in [0.2, 0.25) is 0 Å². The van der Waals surface area contributed by atoms with Gasteiger partial charge in [0.25, 0.3) is 0 Å². The zero-order valence-corrected chi connectivity index (χ0v) is 18.4. The molecule has 1 N–H and O–H groups in total. The maximum Gasteiger partial charge on any atom is 0.143 e. The van der Waals surface area contributed by atoms with Crippen LogP contribution in [0, 0.1) is 0 Å². The SMILES string of the molecule is CCCCCCCCCc1ccc(O)c(-n2nc3ccc(OCCCC)cc3n2)c1. The van der Waals surface area contributed by atoms with E-state index in [4.69, 9.17) is 4.74 Å². The van der Waals surface area contributed by atoms with Crippen LogP contribution in [0.5, 0.6) is 11.5 Å². The number of phenolic OH excluding ortho intramolecular Hbond substituents is 1. The lowest BCUT2D eigenvalue weighted by Gasteiger charge is -2.07. The number of benzene rings is 2. The molecule has 1 heterocycles. The smallest absolute Gasteiger partial charge is 0.143 e. The molecule has 0 saturated heterocycles. The number of ether oxygens (including phenoxy) is 1. The first-order valence-corrected chi connectivity index (χ1v) is 11.5. The molecule has 0 saturated carbocycles. The zero-order valence-electron chi connectivity index (χ0n) is 18.4. The van der Waals surface area contributed by atoms with E-state index >= 15 is 0 Å². The summed E-state index contributed by atoms with van der Waals surface area (Å²) in [6.07, 6.45) is 12.2. The summed E-state index contributed by atoms with van der Waals surface area (Å²) in [6, 6.07) is 11.5. The van der Waals surface area contributed by atoms with Crippen LogP contribution in [0.25, 0.3) is 16.7 Å². The second-order valence-corrected chi connectivity index (χ2v) is 8.04. The molecule has 3 rings (SSSR count). The maximum absolute atomic E-state index is 10.4. The summed E-state index contributed by atoms with van der Waals surface area (Å²) in [6.45, 7) is 5.10. The lowest BCUT2D eigenvalue weighted by molar-refractivity contribution is 0.310. The Labute approximate surface area is 180 Å². The Bertz CT molecular complexity index is 920. The molecule has 0 spiro atoms. The van der Waals surface area contributed by atoms with E-state index < -0.39 is 0 Å². The third kappa shape index (κ3) is 6.22. The number of hydrogen-bond acceptors (Lipinski definition) is 4. The first-order valence-electron chi connectivity index (χ1n) is 11.5. The van der Waals surface area contributed by atoms with Gasteiger partial charge in [-0.25, -0.2) is 0 Å². The van der Waals surface area contributed by atoms with Gasteiger partial charge >= 0.3 is 0 Å². The highest BCUT2D eigenvalue weighted by Crippen LogP contribution is 2.25. The van der Waals surface area contributed by atoms with Crippen LogP contribution in [0.4, 0.5) is 0 Å². The van der Waals surface area contributed by atoms with E-state index in [0.29, 0.717) is 12.3 Å². The van der Waals surface area contributed by atoms with Crippen molar-refractivity contribution in [2.24, 2.45) is 0 Å². The number of hydrogen-bond donors (Lipinski definition) is 1. The summed E-state index contributed by atoms with van der Waals surface area (Å²) in [5, 5.41) is 19.5. The van der Waals surface area contributed by atoms with E-state index in [-0.39, 0.29) is 5.75 Å². The van der Waals surface area contributed by atoms with Gasteiger partial charge < -0.3 is 9.84 Å². The van der Waals surface area contributed by atoms with Crippen molar-refractivity contribution < 1.29 is 9.84 Å². The molecule has 0 fully saturated rings. The van der Waals surface area contributed by atoms with Crippen LogP contribution in [-0.4, -0.2) is 26.7 Å². The summed E-state index contributed by atoms with van der Waals surface area (Å²) in [7, 11) is 0. The van der Waals surface area contributed by atoms with E-state index in [1.165, 1.54) is 55.3 Å². The highest BCUT2D eigenvalue weighted by molar-refractivity contribution is 5.75. The molecule has 5 heteroatoms. The predicted octanol–water partition coefficient (Wildman–Crippen LogP) is 6.60. The Balaban J connectivity index is 1.64. The van der Waals surface area contributed by atoms with Crippen molar-refractivity contribution in [2.45, 2.75) is 78.1 Å². The molecular formula is C25H35N3O2. The number of aromatic nitrogens is 3. The summed E-state index contributed by atoms with van der Waals surface area (Å²) >= 11 is 0. The molecule has 3 aromatic rings. The van der Waals surface area contributed by atoms with E-state index in [0.717, 1.165) is 36.0 Å². The number of phenols is 1. The fraction of sp³-hybridized carbons (Fsp3) is 0.520. The van der Waals surface area contributed by atoms with Crippen LogP contribution in [-0.2, 0) is 6.42 Å². The third-order valence-electron chi connectivity index (χ3n) is 5.44. The number of aromatic hydroxyl groups is 1. The van der Waals surface area contributed by atoms with Gasteiger partial charge in [-0.1, -0.05) is 64.9 Å². The van der Waals surface area contributed by atoms with Gasteiger partial charge in [0.1, 0.15) is 28.2 Å². The highest BCUT2D eigenvalue weighted by Gasteiger charge is 2.11. The summed E-state index contributed by atoms with van der Waals surface area (Å²) in [5.41, 5.74) is 3.39. The van der Waals surface area contributed by atoms with Crippen molar-refractivity contribution in [3.8, 4) is 17.2 Å². The lowest BCUT2D eigenvalue weighted by atomic mass is 10.0. The minimum absolute atomic E-state index is 0.193. The predicted molar refractivity (Wildman–Crippen MR) is 123 cm³/mol. The normalized spacial score (nSPS) is 11.3. The monoisotopic (exact) mass is 409 g/mol. The maximum atomic E-state index is 10.4. The van der Waals surface area contributed by atoms with Gasteiger partial charge in [-0.2, -0.15) is 0 Å². The average Bonchev–Trinajstić information content (AvgIpc) is 3.17. The van der Waals surface area contributed by atoms with Crippen molar-refractivity contribution in [1.82, 2.24) is 15.0 Å². The fourth-order valence-corrected chi connectivity index (χ4v) is 3.60.